The number of hydrogen-bond acceptors (Lipinski definition) is 4. The Kier molecular flexibility index (Phi) is 5.06. The van der Waals surface area contributed by atoms with Gasteiger partial charge < -0.3 is 4.74 Å². The van der Waals surface area contributed by atoms with Crippen molar-refractivity contribution in [2.75, 3.05) is 7.11 Å². The second-order valence-electron chi connectivity index (χ2n) is 5.61. The quantitative estimate of drug-likeness (QED) is 0.742. The minimum Gasteiger partial charge on any atom is -0.468 e. The minimum absolute atomic E-state index is 0.00924. The fraction of sp³-hybridized carbons (Fsp3) is 0.235. The molecule has 0 aromatic heterocycles. The van der Waals surface area contributed by atoms with E-state index in [9.17, 15) is 13.2 Å². The van der Waals surface area contributed by atoms with Gasteiger partial charge in [-0.1, -0.05) is 53.5 Å². The van der Waals surface area contributed by atoms with Crippen molar-refractivity contribution in [3.63, 3.8) is 0 Å². The molecule has 1 heterocycles. The average Bonchev–Trinajstić information content (AvgIpc) is 2.59. The maximum absolute atomic E-state index is 13.2. The molecule has 0 saturated heterocycles. The van der Waals surface area contributed by atoms with Gasteiger partial charge in [0.15, 0.2) is 0 Å². The molecule has 0 N–H and O–H groups in total. The predicted molar refractivity (Wildman–Crippen MR) is 95.1 cm³/mol. The summed E-state index contributed by atoms with van der Waals surface area (Å²) in [6.45, 7) is 0.0415. The number of sulfonamides is 1. The van der Waals surface area contributed by atoms with Crippen LogP contribution in [0.3, 0.4) is 0 Å². The van der Waals surface area contributed by atoms with Crippen molar-refractivity contribution in [2.24, 2.45) is 0 Å². The number of fused-ring (bicyclic) bond motifs is 1. The average molecular weight is 400 g/mol. The van der Waals surface area contributed by atoms with E-state index in [0.29, 0.717) is 0 Å². The van der Waals surface area contributed by atoms with E-state index in [1.54, 1.807) is 6.07 Å². The minimum atomic E-state index is -4.10. The van der Waals surface area contributed by atoms with Crippen LogP contribution in [-0.2, 0) is 32.5 Å². The first-order chi connectivity index (χ1) is 11.9. The van der Waals surface area contributed by atoms with Crippen molar-refractivity contribution in [3.8, 4) is 0 Å². The van der Waals surface area contributed by atoms with E-state index in [0.717, 1.165) is 15.4 Å². The zero-order chi connectivity index (χ0) is 18.2. The van der Waals surface area contributed by atoms with Crippen LogP contribution in [0, 0.1) is 0 Å². The van der Waals surface area contributed by atoms with E-state index >= 15 is 0 Å². The maximum atomic E-state index is 13.2. The summed E-state index contributed by atoms with van der Waals surface area (Å²) in [5, 5.41) is 0.0185. The largest absolute Gasteiger partial charge is 0.468 e. The Morgan fingerprint density at radius 1 is 1.08 bits per heavy atom. The maximum Gasteiger partial charge on any atom is 0.324 e. The molecule has 1 aliphatic rings. The van der Waals surface area contributed by atoms with Crippen LogP contribution in [0.4, 0.5) is 0 Å². The van der Waals surface area contributed by atoms with E-state index in [4.69, 9.17) is 27.9 Å². The standard InChI is InChI=1S/C17H15Cl2NO4S/c1-24-17(21)15-9-11-5-2-3-6-12(11)10-20(15)25(22,23)16-13(18)7-4-8-14(16)19/h2-8,15H,9-10H2,1H3/t15-/m0/s1. The normalized spacial score (nSPS) is 17.8. The number of rotatable bonds is 3. The van der Waals surface area contributed by atoms with Gasteiger partial charge in [0, 0.05) is 13.0 Å². The first-order valence-electron chi connectivity index (χ1n) is 7.46. The van der Waals surface area contributed by atoms with Gasteiger partial charge in [-0.2, -0.15) is 4.31 Å². The molecule has 0 spiro atoms. The summed E-state index contributed by atoms with van der Waals surface area (Å²) in [4.78, 5) is 12.0. The second-order valence-corrected chi connectivity index (χ2v) is 8.25. The van der Waals surface area contributed by atoms with Crippen LogP contribution in [0.2, 0.25) is 10.0 Å². The number of halogens is 2. The molecular formula is C17H15Cl2NO4S. The van der Waals surface area contributed by atoms with Gasteiger partial charge in [-0.25, -0.2) is 8.42 Å². The monoisotopic (exact) mass is 399 g/mol. The highest BCUT2D eigenvalue weighted by molar-refractivity contribution is 7.89. The fourth-order valence-corrected chi connectivity index (χ4v) is 5.59. The molecule has 1 aliphatic heterocycles. The molecule has 0 aliphatic carbocycles. The van der Waals surface area contributed by atoms with E-state index in [1.807, 2.05) is 24.3 Å². The third kappa shape index (κ3) is 3.27. The third-order valence-electron chi connectivity index (χ3n) is 4.16. The van der Waals surface area contributed by atoms with Crippen molar-refractivity contribution in [3.05, 3.63) is 63.6 Å². The van der Waals surface area contributed by atoms with Gasteiger partial charge in [-0.15, -0.1) is 0 Å². The van der Waals surface area contributed by atoms with Crippen molar-refractivity contribution in [1.82, 2.24) is 4.31 Å². The molecule has 0 saturated carbocycles. The summed E-state index contributed by atoms with van der Waals surface area (Å²) in [5.41, 5.74) is 1.74. The summed E-state index contributed by atoms with van der Waals surface area (Å²) in [6.07, 6.45) is 0.226. The highest BCUT2D eigenvalue weighted by atomic mass is 35.5. The van der Waals surface area contributed by atoms with Gasteiger partial charge >= 0.3 is 5.97 Å². The Bertz CT molecular complexity index is 910. The summed E-state index contributed by atoms with van der Waals surface area (Å²) in [7, 11) is -2.87. The smallest absolute Gasteiger partial charge is 0.324 e. The van der Waals surface area contributed by atoms with Gasteiger partial charge in [-0.3, -0.25) is 4.79 Å². The summed E-state index contributed by atoms with van der Waals surface area (Å²) < 4.78 is 32.4. The topological polar surface area (TPSA) is 63.7 Å². The zero-order valence-corrected chi connectivity index (χ0v) is 15.6. The number of methoxy groups -OCH3 is 1. The number of ether oxygens (including phenoxy) is 1. The Balaban J connectivity index is 2.14. The summed E-state index contributed by atoms with van der Waals surface area (Å²) in [6, 6.07) is 10.9. The van der Waals surface area contributed by atoms with Crippen LogP contribution in [0.15, 0.2) is 47.4 Å². The third-order valence-corrected chi connectivity index (χ3v) is 6.98. The second kappa shape index (κ2) is 6.96. The Hall–Kier alpha value is -1.60. The fourth-order valence-electron chi connectivity index (χ4n) is 2.93. The lowest BCUT2D eigenvalue weighted by atomic mass is 9.96. The lowest BCUT2D eigenvalue weighted by Crippen LogP contribution is -2.49. The molecule has 8 heteroatoms. The lowest BCUT2D eigenvalue weighted by Gasteiger charge is -2.34. The number of hydrogen-bond donors (Lipinski definition) is 0. The molecule has 2 aromatic rings. The first-order valence-corrected chi connectivity index (χ1v) is 9.66. The summed E-state index contributed by atoms with van der Waals surface area (Å²) >= 11 is 12.2. The first kappa shape index (κ1) is 18.2. The molecule has 2 aromatic carbocycles. The molecule has 25 heavy (non-hydrogen) atoms. The number of carbonyl (C=O) groups is 1. The van der Waals surface area contributed by atoms with Crippen molar-refractivity contribution < 1.29 is 17.9 Å². The molecule has 0 radical (unpaired) electrons. The van der Waals surface area contributed by atoms with E-state index < -0.39 is 22.0 Å². The molecule has 1 atom stereocenters. The molecule has 0 unspecified atom stereocenters. The van der Waals surface area contributed by atoms with Crippen LogP contribution in [0.1, 0.15) is 11.1 Å². The van der Waals surface area contributed by atoms with E-state index in [-0.39, 0.29) is 27.9 Å². The van der Waals surface area contributed by atoms with Crippen molar-refractivity contribution in [1.29, 1.82) is 0 Å². The molecule has 0 fully saturated rings. The lowest BCUT2D eigenvalue weighted by molar-refractivity contribution is -0.145. The van der Waals surface area contributed by atoms with Crippen LogP contribution in [0.25, 0.3) is 0 Å². The van der Waals surface area contributed by atoms with Crippen LogP contribution < -0.4 is 0 Å². The molecule has 0 bridgehead atoms. The van der Waals surface area contributed by atoms with E-state index in [1.165, 1.54) is 19.2 Å². The molecular weight excluding hydrogens is 385 g/mol. The SMILES string of the molecule is COC(=O)[C@@H]1Cc2ccccc2CN1S(=O)(=O)c1c(Cl)cccc1Cl. The molecule has 3 rings (SSSR count). The highest BCUT2D eigenvalue weighted by Gasteiger charge is 2.41. The van der Waals surface area contributed by atoms with Gasteiger partial charge in [0.2, 0.25) is 10.0 Å². The number of benzene rings is 2. The number of esters is 1. The van der Waals surface area contributed by atoms with Crippen molar-refractivity contribution >= 4 is 39.2 Å². The summed E-state index contributed by atoms with van der Waals surface area (Å²) in [5.74, 6) is -0.624. The van der Waals surface area contributed by atoms with Crippen LogP contribution in [-0.4, -0.2) is 31.8 Å². The number of carbonyl (C=O) groups excluding carboxylic acids is 1. The Labute approximate surface area is 156 Å². The molecule has 0 amide bonds. The highest BCUT2D eigenvalue weighted by Crippen LogP contribution is 2.35. The van der Waals surface area contributed by atoms with Gasteiger partial charge in [0.25, 0.3) is 0 Å². The van der Waals surface area contributed by atoms with Crippen LogP contribution >= 0.6 is 23.2 Å². The van der Waals surface area contributed by atoms with Gasteiger partial charge in [0.05, 0.1) is 17.2 Å². The van der Waals surface area contributed by atoms with Gasteiger partial charge in [0.1, 0.15) is 10.9 Å². The Morgan fingerprint density at radius 3 is 2.28 bits per heavy atom. The van der Waals surface area contributed by atoms with Crippen molar-refractivity contribution in [2.45, 2.75) is 23.9 Å². The Morgan fingerprint density at radius 2 is 1.68 bits per heavy atom. The van der Waals surface area contributed by atoms with Crippen LogP contribution in [0.5, 0.6) is 0 Å². The number of nitrogens with zero attached hydrogens (tertiary/aromatic N) is 1. The zero-order valence-electron chi connectivity index (χ0n) is 13.3. The molecule has 5 nitrogen and oxygen atoms in total. The van der Waals surface area contributed by atoms with Gasteiger partial charge in [-0.05, 0) is 23.3 Å². The molecule has 132 valence electrons. The van der Waals surface area contributed by atoms with E-state index in [2.05, 4.69) is 0 Å². The predicted octanol–water partition coefficient (Wildman–Crippen LogP) is 3.28.